The number of nitrogens with zero attached hydrogens (tertiary/aromatic N) is 4. The van der Waals surface area contributed by atoms with Crippen LogP contribution in [-0.2, 0) is 16.6 Å². The number of hydrogen-bond donors (Lipinski definition) is 3. The molecule has 0 saturated heterocycles. The van der Waals surface area contributed by atoms with Crippen molar-refractivity contribution in [1.29, 1.82) is 0 Å². The summed E-state index contributed by atoms with van der Waals surface area (Å²) >= 11 is 0. The number of imidazole rings is 1. The van der Waals surface area contributed by atoms with E-state index in [1.807, 2.05) is 18.5 Å². The first-order valence-electron chi connectivity index (χ1n) is 12.1. The number of H-pyrrole nitrogens is 1. The summed E-state index contributed by atoms with van der Waals surface area (Å²) in [6, 6.07) is 8.41. The number of fused-ring (bicyclic) bond motifs is 4. The lowest BCUT2D eigenvalue weighted by atomic mass is 10.1. The van der Waals surface area contributed by atoms with Crippen molar-refractivity contribution >= 4 is 39.5 Å². The summed E-state index contributed by atoms with van der Waals surface area (Å²) in [6.07, 6.45) is 11.1. The van der Waals surface area contributed by atoms with Crippen molar-refractivity contribution < 1.29 is 24.5 Å². The first kappa shape index (κ1) is 25.7. The van der Waals surface area contributed by atoms with Crippen LogP contribution in [0.2, 0.25) is 0 Å². The van der Waals surface area contributed by atoms with Gasteiger partial charge in [0.1, 0.15) is 11.6 Å². The molecule has 1 saturated carbocycles. The Morgan fingerprint density at radius 3 is 2.32 bits per heavy atom. The molecule has 4 aromatic heterocycles. The molecule has 10 nitrogen and oxygen atoms in total. The van der Waals surface area contributed by atoms with Crippen LogP contribution >= 0.6 is 0 Å². The van der Waals surface area contributed by atoms with Crippen LogP contribution in [0.4, 0.5) is 0 Å². The van der Waals surface area contributed by atoms with Crippen molar-refractivity contribution in [2.75, 3.05) is 7.11 Å². The van der Waals surface area contributed by atoms with Gasteiger partial charge in [0.05, 0.1) is 36.2 Å². The maximum Gasteiger partial charge on any atom is 0.300 e. The Bertz CT molecular complexity index is 1550. The number of methoxy groups -OCH3 is 1. The molecule has 0 amide bonds. The quantitative estimate of drug-likeness (QED) is 0.306. The molecule has 5 aromatic rings. The van der Waals surface area contributed by atoms with E-state index in [9.17, 15) is 0 Å². The van der Waals surface area contributed by atoms with E-state index in [0.29, 0.717) is 5.92 Å². The van der Waals surface area contributed by atoms with Crippen molar-refractivity contribution in [3.63, 3.8) is 0 Å². The molecule has 1 aromatic carbocycles. The van der Waals surface area contributed by atoms with E-state index in [1.54, 1.807) is 7.11 Å². The van der Waals surface area contributed by atoms with Gasteiger partial charge in [-0.3, -0.25) is 14.0 Å². The Balaban J connectivity index is 0.000000355. The summed E-state index contributed by atoms with van der Waals surface area (Å²) in [7, 11) is 3.78. The highest BCUT2D eigenvalue weighted by atomic mass is 16.5. The smallest absolute Gasteiger partial charge is 0.300 e. The van der Waals surface area contributed by atoms with Crippen LogP contribution in [0.1, 0.15) is 51.3 Å². The van der Waals surface area contributed by atoms with Gasteiger partial charge in [-0.2, -0.15) is 0 Å². The van der Waals surface area contributed by atoms with E-state index < -0.39 is 11.9 Å². The largest absolute Gasteiger partial charge is 0.497 e. The number of carboxylic acid groups (broad SMARTS) is 2. The molecular formula is C27H31N5O5. The predicted molar refractivity (Wildman–Crippen MR) is 141 cm³/mol. The van der Waals surface area contributed by atoms with Crippen LogP contribution < -0.4 is 4.74 Å². The minimum Gasteiger partial charge on any atom is -0.497 e. The van der Waals surface area contributed by atoms with E-state index >= 15 is 0 Å². The second-order valence-corrected chi connectivity index (χ2v) is 9.11. The number of ether oxygens (including phenoxy) is 1. The molecular weight excluding hydrogens is 474 g/mol. The third-order valence-corrected chi connectivity index (χ3v) is 6.37. The van der Waals surface area contributed by atoms with E-state index in [1.165, 1.54) is 37.0 Å². The normalized spacial score (nSPS) is 13.3. The summed E-state index contributed by atoms with van der Waals surface area (Å²) in [6.45, 7) is 2.17. The van der Waals surface area contributed by atoms with Crippen LogP contribution in [0.3, 0.4) is 0 Å². The van der Waals surface area contributed by atoms with Crippen molar-refractivity contribution in [2.24, 2.45) is 7.05 Å². The van der Waals surface area contributed by atoms with Crippen LogP contribution in [0.15, 0.2) is 42.9 Å². The topological polar surface area (TPSA) is 135 Å². The number of aromatic amines is 1. The molecule has 0 aliphatic heterocycles. The monoisotopic (exact) mass is 505 g/mol. The molecule has 1 fully saturated rings. The zero-order valence-corrected chi connectivity index (χ0v) is 21.4. The Morgan fingerprint density at radius 2 is 1.68 bits per heavy atom. The standard InChI is InChI=1S/C23H23N5O.2C2H4O2/c1-27-13-18(17-9-16(29-2)7-8-20(17)27)19-10-21-22(26-19)24-11-15-12-25-23(28(15)21)14-5-3-4-6-14;2*1-2(3)4/h7-14,26H,3-6H2,1-2H3;2*1H3,(H,3,4). The maximum atomic E-state index is 9.00. The number of aryl methyl sites for hydroxylation is 1. The number of aromatic nitrogens is 5. The Morgan fingerprint density at radius 1 is 1.03 bits per heavy atom. The van der Waals surface area contributed by atoms with Crippen LogP contribution in [0.5, 0.6) is 5.75 Å². The van der Waals surface area contributed by atoms with Gasteiger partial charge in [0.25, 0.3) is 11.9 Å². The average Bonchev–Trinajstić information content (AvgIpc) is 3.62. The zero-order valence-electron chi connectivity index (χ0n) is 21.4. The van der Waals surface area contributed by atoms with E-state index in [0.717, 1.165) is 52.9 Å². The molecule has 6 rings (SSSR count). The fourth-order valence-electron chi connectivity index (χ4n) is 4.90. The van der Waals surface area contributed by atoms with Crippen LogP contribution in [-0.4, -0.2) is 53.2 Å². The molecule has 0 radical (unpaired) electrons. The first-order valence-corrected chi connectivity index (χ1v) is 12.1. The van der Waals surface area contributed by atoms with Gasteiger partial charge in [-0.05, 0) is 37.1 Å². The highest BCUT2D eigenvalue weighted by molar-refractivity contribution is 5.98. The van der Waals surface area contributed by atoms with E-state index in [2.05, 4.69) is 50.4 Å². The number of rotatable bonds is 3. The number of carbonyl (C=O) groups is 2. The predicted octanol–water partition coefficient (Wildman–Crippen LogP) is 5.22. The SMILES string of the molecule is CC(=O)O.CC(=O)O.COc1ccc2c(c1)c(-c1cc3c(ncc4cnc(C5CCCC5)n43)[nH]1)cn2C. The van der Waals surface area contributed by atoms with E-state index in [-0.39, 0.29) is 0 Å². The minimum atomic E-state index is -0.833. The molecule has 37 heavy (non-hydrogen) atoms. The zero-order chi connectivity index (χ0) is 26.7. The fourth-order valence-corrected chi connectivity index (χ4v) is 4.90. The maximum absolute atomic E-state index is 9.00. The summed E-state index contributed by atoms with van der Waals surface area (Å²) in [5.41, 5.74) is 6.43. The van der Waals surface area contributed by atoms with Gasteiger partial charge in [0.2, 0.25) is 0 Å². The minimum absolute atomic E-state index is 0.545. The lowest BCUT2D eigenvalue weighted by Crippen LogP contribution is -2.01. The summed E-state index contributed by atoms with van der Waals surface area (Å²) in [4.78, 5) is 31.0. The Kier molecular flexibility index (Phi) is 7.47. The highest BCUT2D eigenvalue weighted by Gasteiger charge is 2.23. The van der Waals surface area contributed by atoms with Gasteiger partial charge in [0.15, 0.2) is 5.65 Å². The van der Waals surface area contributed by atoms with Gasteiger partial charge in [-0.1, -0.05) is 12.8 Å². The van der Waals surface area contributed by atoms with Gasteiger partial charge in [-0.25, -0.2) is 9.97 Å². The summed E-state index contributed by atoms with van der Waals surface area (Å²) < 4.78 is 9.91. The molecule has 4 heterocycles. The number of aliphatic carboxylic acids is 2. The van der Waals surface area contributed by atoms with Crippen molar-refractivity contribution in [1.82, 2.24) is 23.9 Å². The molecule has 0 spiro atoms. The highest BCUT2D eigenvalue weighted by Crippen LogP contribution is 2.37. The van der Waals surface area contributed by atoms with Crippen LogP contribution in [0.25, 0.3) is 38.8 Å². The molecule has 1 aliphatic carbocycles. The number of carboxylic acids is 2. The lowest BCUT2D eigenvalue weighted by molar-refractivity contribution is -0.135. The van der Waals surface area contributed by atoms with Crippen LogP contribution in [0, 0.1) is 0 Å². The first-order chi connectivity index (χ1) is 17.7. The number of nitrogens with one attached hydrogen (secondary N) is 1. The average molecular weight is 506 g/mol. The third-order valence-electron chi connectivity index (χ3n) is 6.37. The third kappa shape index (κ3) is 5.42. The Labute approximate surface area is 213 Å². The molecule has 0 unspecified atom stereocenters. The number of benzene rings is 1. The molecule has 194 valence electrons. The molecule has 3 N–H and O–H groups in total. The molecule has 10 heteroatoms. The van der Waals surface area contributed by atoms with Crippen molar-refractivity contribution in [2.45, 2.75) is 45.4 Å². The Hall–Kier alpha value is -4.34. The molecule has 1 aliphatic rings. The van der Waals surface area contributed by atoms with Crippen molar-refractivity contribution in [3.8, 4) is 17.0 Å². The van der Waals surface area contributed by atoms with Gasteiger partial charge < -0.3 is 24.5 Å². The van der Waals surface area contributed by atoms with E-state index in [4.69, 9.17) is 29.5 Å². The summed E-state index contributed by atoms with van der Waals surface area (Å²) in [5, 5.41) is 16.0. The number of hydrogen-bond acceptors (Lipinski definition) is 5. The van der Waals surface area contributed by atoms with Gasteiger partial charge >= 0.3 is 0 Å². The van der Waals surface area contributed by atoms with Crippen molar-refractivity contribution in [3.05, 3.63) is 48.7 Å². The second kappa shape index (κ2) is 10.7. The second-order valence-electron chi connectivity index (χ2n) is 9.11. The fraction of sp³-hybridized carbons (Fsp3) is 0.333. The lowest BCUT2D eigenvalue weighted by Gasteiger charge is -2.08. The summed E-state index contributed by atoms with van der Waals surface area (Å²) in [5.74, 6) is 0.915. The van der Waals surface area contributed by atoms with Gasteiger partial charge in [0, 0.05) is 49.5 Å². The molecule has 0 bridgehead atoms. The molecule has 0 atom stereocenters. The van der Waals surface area contributed by atoms with Gasteiger partial charge in [-0.15, -0.1) is 0 Å².